The molecule has 0 fully saturated rings. The molecule has 182 valence electrons. The summed E-state index contributed by atoms with van der Waals surface area (Å²) in [7, 11) is -4.72. The monoisotopic (exact) mass is 510 g/mol. The average molecular weight is 510 g/mol. The number of aromatic nitrogens is 2. The molecule has 1 amide bonds. The van der Waals surface area contributed by atoms with E-state index in [1.54, 1.807) is 19.9 Å². The number of benzene rings is 1. The number of rotatable bonds is 11. The number of nitrogen functional groups attached to an aromatic ring is 1. The van der Waals surface area contributed by atoms with Crippen LogP contribution in [0, 0.1) is 12.7 Å². The molecule has 0 atom stereocenters. The molecule has 0 spiro atoms. The predicted octanol–water partition coefficient (Wildman–Crippen LogP) is 3.17. The SMILES string of the molecule is C/C(=C(\CCOP(=O)(O)O)SC(=O)/C=C/c1cccc(F)c1)N(C=O)Cc1cnc(C)nc1N. The largest absolute Gasteiger partial charge is 0.469 e. The van der Waals surface area contributed by atoms with Crippen molar-refractivity contribution in [3.05, 3.63) is 69.9 Å². The maximum Gasteiger partial charge on any atom is 0.469 e. The minimum atomic E-state index is -4.72. The number of hydrogen-bond acceptors (Lipinski definition) is 8. The van der Waals surface area contributed by atoms with Gasteiger partial charge in [-0.05, 0) is 49.4 Å². The lowest BCUT2D eigenvalue weighted by molar-refractivity contribution is -0.117. The Hall–Kier alpha value is -2.89. The zero-order valence-electron chi connectivity index (χ0n) is 18.4. The number of carbonyl (C=O) groups is 2. The fraction of sp³-hybridized carbons (Fsp3) is 0.238. The first-order valence-electron chi connectivity index (χ1n) is 9.83. The van der Waals surface area contributed by atoms with E-state index in [4.69, 9.17) is 15.5 Å². The second-order valence-electron chi connectivity index (χ2n) is 6.95. The number of thioether (sulfide) groups is 1. The lowest BCUT2D eigenvalue weighted by Crippen LogP contribution is -2.22. The van der Waals surface area contributed by atoms with Crippen molar-refractivity contribution in [3.8, 4) is 0 Å². The third-order valence-corrected chi connectivity index (χ3v) is 6.00. The van der Waals surface area contributed by atoms with Crippen LogP contribution in [0.25, 0.3) is 6.08 Å². The van der Waals surface area contributed by atoms with E-state index >= 15 is 0 Å². The molecule has 0 saturated heterocycles. The van der Waals surface area contributed by atoms with Crippen LogP contribution in [0.4, 0.5) is 10.2 Å². The lowest BCUT2D eigenvalue weighted by atomic mass is 10.2. The van der Waals surface area contributed by atoms with Crippen molar-refractivity contribution < 1.29 is 32.9 Å². The third-order valence-electron chi connectivity index (χ3n) is 4.39. The van der Waals surface area contributed by atoms with Crippen LogP contribution in [0.1, 0.15) is 30.3 Å². The summed E-state index contributed by atoms with van der Waals surface area (Å²) < 4.78 is 28.9. The second kappa shape index (κ2) is 12.5. The van der Waals surface area contributed by atoms with E-state index in [1.807, 2.05) is 0 Å². The van der Waals surface area contributed by atoms with Crippen molar-refractivity contribution in [2.45, 2.75) is 26.8 Å². The molecule has 10 nitrogen and oxygen atoms in total. The predicted molar refractivity (Wildman–Crippen MR) is 126 cm³/mol. The van der Waals surface area contributed by atoms with Crippen LogP contribution >= 0.6 is 19.6 Å². The first-order chi connectivity index (χ1) is 16.0. The molecular formula is C21H24FN4O6PS. The highest BCUT2D eigenvalue weighted by Crippen LogP contribution is 2.37. The fourth-order valence-corrected chi connectivity index (χ4v) is 3.86. The number of allylic oxidation sites excluding steroid dienone is 1. The van der Waals surface area contributed by atoms with E-state index < -0.39 is 25.4 Å². The maximum absolute atomic E-state index is 13.3. The normalized spacial score (nSPS) is 12.5. The number of aryl methyl sites for hydroxylation is 1. The van der Waals surface area contributed by atoms with Crippen molar-refractivity contribution in [1.82, 2.24) is 14.9 Å². The van der Waals surface area contributed by atoms with E-state index in [2.05, 4.69) is 14.5 Å². The quantitative estimate of drug-likeness (QED) is 0.233. The number of nitrogens with two attached hydrogens (primary N) is 1. The highest BCUT2D eigenvalue weighted by molar-refractivity contribution is 8.17. The molecule has 1 heterocycles. The topological polar surface area (TPSA) is 156 Å². The number of phosphoric acid groups is 1. The second-order valence-corrected chi connectivity index (χ2v) is 9.29. The van der Waals surface area contributed by atoms with E-state index in [9.17, 15) is 18.5 Å². The van der Waals surface area contributed by atoms with Crippen molar-refractivity contribution in [2.75, 3.05) is 12.3 Å². The van der Waals surface area contributed by atoms with Gasteiger partial charge >= 0.3 is 7.82 Å². The van der Waals surface area contributed by atoms with Gasteiger partial charge in [-0.3, -0.25) is 14.1 Å². The third kappa shape index (κ3) is 9.16. The molecular weight excluding hydrogens is 486 g/mol. The minimum absolute atomic E-state index is 0.0121. The Morgan fingerprint density at radius 2 is 2.12 bits per heavy atom. The summed E-state index contributed by atoms with van der Waals surface area (Å²) in [5.74, 6) is 0.210. The Kier molecular flexibility index (Phi) is 10.1. The van der Waals surface area contributed by atoms with Crippen molar-refractivity contribution in [3.63, 3.8) is 0 Å². The van der Waals surface area contributed by atoms with Gasteiger partial charge in [-0.25, -0.2) is 18.9 Å². The number of hydrogen-bond donors (Lipinski definition) is 3. The number of amides is 1. The molecule has 2 rings (SSSR count). The van der Waals surface area contributed by atoms with Gasteiger partial charge in [0.1, 0.15) is 17.5 Å². The Labute approximate surface area is 200 Å². The summed E-state index contributed by atoms with van der Waals surface area (Å²) in [6, 6.07) is 5.66. The fourth-order valence-electron chi connectivity index (χ4n) is 2.71. The number of anilines is 1. The summed E-state index contributed by atoms with van der Waals surface area (Å²) in [4.78, 5) is 52.0. The van der Waals surface area contributed by atoms with Gasteiger partial charge < -0.3 is 20.4 Å². The molecule has 34 heavy (non-hydrogen) atoms. The molecule has 0 radical (unpaired) electrons. The van der Waals surface area contributed by atoms with Crippen molar-refractivity contribution >= 4 is 43.0 Å². The number of carbonyl (C=O) groups excluding carboxylic acids is 2. The van der Waals surface area contributed by atoms with Crippen LogP contribution in [-0.2, 0) is 25.2 Å². The number of phosphoric ester groups is 1. The molecule has 2 aromatic rings. The first-order valence-corrected chi connectivity index (χ1v) is 12.2. The van der Waals surface area contributed by atoms with E-state index in [0.29, 0.717) is 34.0 Å². The van der Waals surface area contributed by atoms with Crippen molar-refractivity contribution in [2.24, 2.45) is 0 Å². The molecule has 0 aliphatic heterocycles. The van der Waals surface area contributed by atoms with Gasteiger partial charge in [0.15, 0.2) is 0 Å². The molecule has 0 unspecified atom stereocenters. The van der Waals surface area contributed by atoms with E-state index in [0.717, 1.165) is 11.8 Å². The Balaban J connectivity index is 2.26. The van der Waals surface area contributed by atoms with Gasteiger partial charge in [0.2, 0.25) is 11.5 Å². The zero-order chi connectivity index (χ0) is 25.3. The highest BCUT2D eigenvalue weighted by Gasteiger charge is 2.19. The van der Waals surface area contributed by atoms with Crippen LogP contribution in [0.3, 0.4) is 0 Å². The van der Waals surface area contributed by atoms with Crippen LogP contribution in [0.5, 0.6) is 0 Å². The Morgan fingerprint density at radius 3 is 2.74 bits per heavy atom. The van der Waals surface area contributed by atoms with Gasteiger partial charge in [0, 0.05) is 28.8 Å². The smallest absolute Gasteiger partial charge is 0.383 e. The Bertz CT molecular complexity index is 1150. The van der Waals surface area contributed by atoms with Crippen LogP contribution < -0.4 is 5.73 Å². The number of nitrogens with zero attached hydrogens (tertiary/aromatic N) is 3. The molecule has 1 aromatic heterocycles. The first kappa shape index (κ1) is 27.4. The van der Waals surface area contributed by atoms with Crippen LogP contribution in [0.2, 0.25) is 0 Å². The summed E-state index contributed by atoms with van der Waals surface area (Å²) in [6.07, 6.45) is 4.61. The zero-order valence-corrected chi connectivity index (χ0v) is 20.1. The molecule has 4 N–H and O–H groups in total. The molecule has 0 saturated carbocycles. The average Bonchev–Trinajstić information content (AvgIpc) is 2.75. The van der Waals surface area contributed by atoms with Crippen LogP contribution in [0.15, 0.2) is 47.1 Å². The lowest BCUT2D eigenvalue weighted by Gasteiger charge is -2.22. The van der Waals surface area contributed by atoms with E-state index in [1.165, 1.54) is 41.4 Å². The minimum Gasteiger partial charge on any atom is -0.383 e. The van der Waals surface area contributed by atoms with Gasteiger partial charge in [0.25, 0.3) is 0 Å². The summed E-state index contributed by atoms with van der Waals surface area (Å²) in [6.45, 7) is 2.86. The molecule has 0 bridgehead atoms. The van der Waals surface area contributed by atoms with Gasteiger partial charge in [-0.1, -0.05) is 18.2 Å². The molecule has 0 aliphatic rings. The summed E-state index contributed by atoms with van der Waals surface area (Å²) in [5.41, 5.74) is 7.21. The maximum atomic E-state index is 13.3. The molecule has 0 aliphatic carbocycles. The molecule has 13 heteroatoms. The Morgan fingerprint density at radius 1 is 1.38 bits per heavy atom. The van der Waals surface area contributed by atoms with Gasteiger partial charge in [-0.2, -0.15) is 0 Å². The highest BCUT2D eigenvalue weighted by atomic mass is 32.2. The summed E-state index contributed by atoms with van der Waals surface area (Å²) in [5, 5.41) is -0.446. The van der Waals surface area contributed by atoms with Crippen LogP contribution in [-0.4, -0.2) is 42.8 Å². The number of halogens is 1. The van der Waals surface area contributed by atoms with E-state index in [-0.39, 0.29) is 18.8 Å². The summed E-state index contributed by atoms with van der Waals surface area (Å²) >= 11 is 0.752. The molecule has 1 aromatic carbocycles. The standard InChI is InChI=1S/C21H24FN4O6PS/c1-14(26(13-27)12-17-11-24-15(2)25-21(17)23)19(8-9-32-33(29,30)31)34-20(28)7-6-16-4-3-5-18(22)10-16/h3-7,10-11,13H,8-9,12H2,1-2H3,(H2,23,24,25)(H2,29,30,31)/b7-6+,19-14-. The van der Waals surface area contributed by atoms with Crippen molar-refractivity contribution in [1.29, 1.82) is 0 Å². The van der Waals surface area contributed by atoms with Gasteiger partial charge in [-0.15, -0.1) is 0 Å². The van der Waals surface area contributed by atoms with Gasteiger partial charge in [0.05, 0.1) is 13.2 Å².